The van der Waals surface area contributed by atoms with Crippen molar-refractivity contribution in [2.45, 2.75) is 19.7 Å². The van der Waals surface area contributed by atoms with Gasteiger partial charge in [-0.25, -0.2) is 0 Å². The third-order valence-electron chi connectivity index (χ3n) is 5.50. The number of ether oxygens (including phenoxy) is 1. The zero-order valence-electron chi connectivity index (χ0n) is 17.9. The van der Waals surface area contributed by atoms with Gasteiger partial charge in [0.25, 0.3) is 5.91 Å². The highest BCUT2D eigenvalue weighted by molar-refractivity contribution is 6.02. The Balaban J connectivity index is 1.24. The summed E-state index contributed by atoms with van der Waals surface area (Å²) in [6.07, 6.45) is 0. The quantitative estimate of drug-likeness (QED) is 0.598. The van der Waals surface area contributed by atoms with Crippen molar-refractivity contribution < 1.29 is 13.9 Å². The molecule has 1 aromatic heterocycles. The number of amides is 1. The molecule has 0 spiro atoms. The number of carbonyl (C=O) groups is 1. The van der Waals surface area contributed by atoms with Crippen molar-refractivity contribution in [2.75, 3.05) is 38.6 Å². The van der Waals surface area contributed by atoms with Crippen LogP contribution in [-0.4, -0.2) is 49.0 Å². The van der Waals surface area contributed by atoms with Crippen LogP contribution in [0.25, 0.3) is 0 Å². The van der Waals surface area contributed by atoms with Crippen LogP contribution >= 0.6 is 0 Å². The van der Waals surface area contributed by atoms with E-state index in [-0.39, 0.29) is 11.7 Å². The maximum absolute atomic E-state index is 12.3. The van der Waals surface area contributed by atoms with Crippen molar-refractivity contribution in [3.63, 3.8) is 0 Å². The standard InChI is InChI=1S/C25H29N3O3/c1-30-19-23-11-12-24(31-23)25(29)26-22-9-7-21(8-10-22)18-28-15-13-27(14-16-28)17-20-5-3-2-4-6-20/h2-12H,13-19H2,1H3,(H,26,29). The van der Waals surface area contributed by atoms with Crippen molar-refractivity contribution in [2.24, 2.45) is 0 Å². The normalized spacial score (nSPS) is 15.1. The molecular weight excluding hydrogens is 390 g/mol. The summed E-state index contributed by atoms with van der Waals surface area (Å²) >= 11 is 0. The summed E-state index contributed by atoms with van der Waals surface area (Å²) < 4.78 is 10.5. The van der Waals surface area contributed by atoms with Crippen molar-refractivity contribution in [1.82, 2.24) is 9.80 Å². The predicted octanol–water partition coefficient (Wildman–Crippen LogP) is 4.00. The zero-order chi connectivity index (χ0) is 21.5. The summed E-state index contributed by atoms with van der Waals surface area (Å²) in [5.74, 6) is 0.654. The van der Waals surface area contributed by atoms with E-state index < -0.39 is 0 Å². The predicted molar refractivity (Wildman–Crippen MR) is 121 cm³/mol. The van der Waals surface area contributed by atoms with E-state index in [0.717, 1.165) is 45.0 Å². The molecule has 6 nitrogen and oxygen atoms in total. The van der Waals surface area contributed by atoms with Crippen LogP contribution in [0.2, 0.25) is 0 Å². The van der Waals surface area contributed by atoms with Gasteiger partial charge in [0.1, 0.15) is 12.4 Å². The van der Waals surface area contributed by atoms with Crippen LogP contribution < -0.4 is 5.32 Å². The first-order valence-corrected chi connectivity index (χ1v) is 10.7. The van der Waals surface area contributed by atoms with Crippen LogP contribution in [0.5, 0.6) is 0 Å². The number of rotatable bonds is 8. The lowest BCUT2D eigenvalue weighted by Gasteiger charge is -2.34. The molecule has 1 saturated heterocycles. The lowest BCUT2D eigenvalue weighted by molar-refractivity contribution is 0.0987. The molecular formula is C25H29N3O3. The molecule has 4 rings (SSSR count). The molecule has 0 unspecified atom stereocenters. The lowest BCUT2D eigenvalue weighted by atomic mass is 10.1. The SMILES string of the molecule is COCc1ccc(C(=O)Nc2ccc(CN3CCN(Cc4ccccc4)CC3)cc2)o1. The molecule has 1 N–H and O–H groups in total. The highest BCUT2D eigenvalue weighted by atomic mass is 16.5. The molecule has 1 amide bonds. The van der Waals surface area contributed by atoms with Gasteiger partial charge >= 0.3 is 0 Å². The number of hydrogen-bond acceptors (Lipinski definition) is 5. The summed E-state index contributed by atoms with van der Waals surface area (Å²) in [6, 6.07) is 22.1. The molecule has 1 aliphatic heterocycles. The van der Waals surface area contributed by atoms with Crippen molar-refractivity contribution in [1.29, 1.82) is 0 Å². The van der Waals surface area contributed by atoms with Crippen LogP contribution in [0.4, 0.5) is 5.69 Å². The van der Waals surface area contributed by atoms with E-state index >= 15 is 0 Å². The summed E-state index contributed by atoms with van der Waals surface area (Å²) in [5.41, 5.74) is 3.37. The molecule has 31 heavy (non-hydrogen) atoms. The van der Waals surface area contributed by atoms with Gasteiger partial charge in [0.05, 0.1) is 0 Å². The molecule has 0 atom stereocenters. The van der Waals surface area contributed by atoms with Gasteiger partial charge in [-0.2, -0.15) is 0 Å². The Morgan fingerprint density at radius 1 is 0.871 bits per heavy atom. The number of carbonyl (C=O) groups excluding carboxylic acids is 1. The summed E-state index contributed by atoms with van der Waals surface area (Å²) in [5, 5.41) is 2.88. The van der Waals surface area contributed by atoms with Gasteiger partial charge in [0.15, 0.2) is 5.76 Å². The van der Waals surface area contributed by atoms with Crippen LogP contribution in [0, 0.1) is 0 Å². The second kappa shape index (κ2) is 10.4. The molecule has 3 aromatic rings. The minimum atomic E-state index is -0.260. The topological polar surface area (TPSA) is 58.0 Å². The number of furan rings is 1. The van der Waals surface area contributed by atoms with Gasteiger partial charge in [-0.05, 0) is 35.4 Å². The average molecular weight is 420 g/mol. The minimum absolute atomic E-state index is 0.260. The number of hydrogen-bond donors (Lipinski definition) is 1. The first-order chi connectivity index (χ1) is 15.2. The van der Waals surface area contributed by atoms with E-state index in [1.165, 1.54) is 11.1 Å². The summed E-state index contributed by atoms with van der Waals surface area (Å²) in [7, 11) is 1.59. The van der Waals surface area contributed by atoms with E-state index in [2.05, 4.69) is 57.6 Å². The third kappa shape index (κ3) is 6.04. The number of anilines is 1. The largest absolute Gasteiger partial charge is 0.453 e. The van der Waals surface area contributed by atoms with Crippen molar-refractivity contribution in [3.8, 4) is 0 Å². The average Bonchev–Trinajstić information content (AvgIpc) is 3.26. The molecule has 2 heterocycles. The highest BCUT2D eigenvalue weighted by Gasteiger charge is 2.17. The molecule has 162 valence electrons. The van der Waals surface area contributed by atoms with Crippen LogP contribution in [0.1, 0.15) is 27.4 Å². The number of benzene rings is 2. The van der Waals surface area contributed by atoms with Gasteiger partial charge in [0, 0.05) is 52.1 Å². The Morgan fingerprint density at radius 3 is 2.10 bits per heavy atom. The van der Waals surface area contributed by atoms with Gasteiger partial charge in [-0.3, -0.25) is 14.6 Å². The Hall–Kier alpha value is -2.93. The molecule has 1 aliphatic rings. The molecule has 0 radical (unpaired) electrons. The van der Waals surface area contributed by atoms with Crippen molar-refractivity contribution in [3.05, 3.63) is 89.4 Å². The Kier molecular flexibility index (Phi) is 7.14. The van der Waals surface area contributed by atoms with E-state index in [9.17, 15) is 4.79 Å². The monoisotopic (exact) mass is 419 g/mol. The first-order valence-electron chi connectivity index (χ1n) is 10.7. The van der Waals surface area contributed by atoms with Gasteiger partial charge < -0.3 is 14.5 Å². The molecule has 2 aromatic carbocycles. The highest BCUT2D eigenvalue weighted by Crippen LogP contribution is 2.16. The molecule has 0 aliphatic carbocycles. The minimum Gasteiger partial charge on any atom is -0.453 e. The van der Waals surface area contributed by atoms with Gasteiger partial charge in [-0.1, -0.05) is 42.5 Å². The van der Waals surface area contributed by atoms with E-state index in [4.69, 9.17) is 9.15 Å². The Bertz CT molecular complexity index is 961. The maximum Gasteiger partial charge on any atom is 0.291 e. The summed E-state index contributed by atoms with van der Waals surface area (Å²) in [6.45, 7) is 6.58. The fourth-order valence-corrected chi connectivity index (χ4v) is 3.81. The van der Waals surface area contributed by atoms with Gasteiger partial charge in [-0.15, -0.1) is 0 Å². The molecule has 6 heteroatoms. The second-order valence-corrected chi connectivity index (χ2v) is 7.89. The lowest BCUT2D eigenvalue weighted by Crippen LogP contribution is -2.45. The smallest absolute Gasteiger partial charge is 0.291 e. The van der Waals surface area contributed by atoms with E-state index in [0.29, 0.717) is 12.4 Å². The Labute approximate surface area is 183 Å². The fraction of sp³-hybridized carbons (Fsp3) is 0.320. The van der Waals surface area contributed by atoms with Crippen LogP contribution in [0.15, 0.2) is 71.1 Å². The van der Waals surface area contributed by atoms with E-state index in [1.807, 2.05) is 12.1 Å². The Morgan fingerprint density at radius 2 is 1.48 bits per heavy atom. The van der Waals surface area contributed by atoms with Gasteiger partial charge in [0.2, 0.25) is 0 Å². The molecule has 1 fully saturated rings. The van der Waals surface area contributed by atoms with Crippen molar-refractivity contribution >= 4 is 11.6 Å². The first kappa shape index (κ1) is 21.3. The van der Waals surface area contributed by atoms with E-state index in [1.54, 1.807) is 19.2 Å². The number of piperazine rings is 1. The number of nitrogens with one attached hydrogen (secondary N) is 1. The van der Waals surface area contributed by atoms with Crippen LogP contribution in [-0.2, 0) is 24.4 Å². The number of nitrogens with zero attached hydrogens (tertiary/aromatic N) is 2. The zero-order valence-corrected chi connectivity index (χ0v) is 17.9. The molecule has 0 saturated carbocycles. The number of methoxy groups -OCH3 is 1. The fourth-order valence-electron chi connectivity index (χ4n) is 3.81. The maximum atomic E-state index is 12.3. The molecule has 0 bridgehead atoms. The second-order valence-electron chi connectivity index (χ2n) is 7.89. The summed E-state index contributed by atoms with van der Waals surface area (Å²) in [4.78, 5) is 17.3. The third-order valence-corrected chi connectivity index (χ3v) is 5.50. The van der Waals surface area contributed by atoms with Crippen LogP contribution in [0.3, 0.4) is 0 Å².